The fourth-order valence-corrected chi connectivity index (χ4v) is 2.38. The van der Waals surface area contributed by atoms with Crippen molar-refractivity contribution in [2.45, 2.75) is 19.5 Å². The number of nitrogens with one attached hydrogen (secondary N) is 1. The van der Waals surface area contributed by atoms with E-state index in [1.54, 1.807) is 23.7 Å². The van der Waals surface area contributed by atoms with E-state index in [9.17, 15) is 9.18 Å². The van der Waals surface area contributed by atoms with Crippen LogP contribution in [0.5, 0.6) is 0 Å². The molecule has 0 saturated heterocycles. The van der Waals surface area contributed by atoms with Crippen LogP contribution in [0.3, 0.4) is 0 Å². The van der Waals surface area contributed by atoms with Gasteiger partial charge in [-0.15, -0.1) is 0 Å². The van der Waals surface area contributed by atoms with Gasteiger partial charge in [0.1, 0.15) is 17.2 Å². The lowest BCUT2D eigenvalue weighted by Crippen LogP contribution is -2.09. The number of hydrogen-bond donors (Lipinski definition) is 2. The molecule has 0 saturated carbocycles. The van der Waals surface area contributed by atoms with E-state index in [1.165, 1.54) is 12.1 Å². The topological polar surface area (TPSA) is 67.2 Å². The van der Waals surface area contributed by atoms with E-state index >= 15 is 0 Å². The van der Waals surface area contributed by atoms with Gasteiger partial charge in [-0.1, -0.05) is 12.1 Å². The molecule has 6 heteroatoms. The largest absolute Gasteiger partial charge is 0.477 e. The zero-order chi connectivity index (χ0) is 13.6. The number of anilines is 1. The summed E-state index contributed by atoms with van der Waals surface area (Å²) in [5.41, 5.74) is 1.60. The molecule has 98 valence electrons. The molecule has 2 N–H and O–H groups in total. The van der Waals surface area contributed by atoms with Gasteiger partial charge >= 0.3 is 5.97 Å². The molecule has 0 amide bonds. The number of carboxylic acids is 1. The normalized spacial score (nSPS) is 17.1. The monoisotopic (exact) mass is 261 g/mol. The van der Waals surface area contributed by atoms with Crippen molar-refractivity contribution in [1.82, 2.24) is 9.78 Å². The van der Waals surface area contributed by atoms with E-state index in [1.807, 2.05) is 0 Å². The highest BCUT2D eigenvalue weighted by Crippen LogP contribution is 2.32. The van der Waals surface area contributed by atoms with Crippen molar-refractivity contribution in [3.8, 4) is 0 Å². The summed E-state index contributed by atoms with van der Waals surface area (Å²) < 4.78 is 14.5. The number of halogens is 1. The van der Waals surface area contributed by atoms with Gasteiger partial charge in [-0.05, 0) is 24.6 Å². The molecule has 1 aromatic heterocycles. The van der Waals surface area contributed by atoms with Gasteiger partial charge < -0.3 is 10.4 Å². The summed E-state index contributed by atoms with van der Waals surface area (Å²) in [4.78, 5) is 11.2. The number of fused-ring (bicyclic) bond motifs is 1. The number of aryl methyl sites for hydroxylation is 1. The van der Waals surface area contributed by atoms with E-state index < -0.39 is 5.97 Å². The van der Waals surface area contributed by atoms with Crippen LogP contribution >= 0.6 is 0 Å². The summed E-state index contributed by atoms with van der Waals surface area (Å²) in [6.45, 7) is 2.21. The lowest BCUT2D eigenvalue weighted by atomic mass is 10.1. The van der Waals surface area contributed by atoms with Gasteiger partial charge in [-0.25, -0.2) is 13.9 Å². The first kappa shape index (κ1) is 11.7. The molecule has 0 aliphatic carbocycles. The Morgan fingerprint density at radius 3 is 2.79 bits per heavy atom. The Labute approximate surface area is 108 Å². The highest BCUT2D eigenvalue weighted by Gasteiger charge is 2.30. The first-order valence-corrected chi connectivity index (χ1v) is 5.89. The van der Waals surface area contributed by atoms with E-state index in [-0.39, 0.29) is 17.4 Å². The summed E-state index contributed by atoms with van der Waals surface area (Å²) in [5.74, 6) is -0.771. The Bertz CT molecular complexity index is 649. The first-order valence-electron chi connectivity index (χ1n) is 5.89. The standard InChI is InChI=1S/C13H12FN3O2/c1-7-11(13(18)19)12-15-10(6-17(12)16-7)8-2-4-9(14)5-3-8/h2-5,10,15H,6H2,1H3,(H,18,19). The second-order valence-corrected chi connectivity index (χ2v) is 4.54. The van der Waals surface area contributed by atoms with Crippen LogP contribution in [0.1, 0.15) is 27.7 Å². The van der Waals surface area contributed by atoms with Crippen molar-refractivity contribution in [2.75, 3.05) is 5.32 Å². The molecule has 0 bridgehead atoms. The van der Waals surface area contributed by atoms with Crippen LogP contribution in [0.15, 0.2) is 24.3 Å². The minimum Gasteiger partial charge on any atom is -0.477 e. The summed E-state index contributed by atoms with van der Waals surface area (Å²) in [5, 5.41) is 16.5. The molecule has 1 aliphatic rings. The Morgan fingerprint density at radius 2 is 2.16 bits per heavy atom. The summed E-state index contributed by atoms with van der Waals surface area (Å²) >= 11 is 0. The Balaban J connectivity index is 1.92. The quantitative estimate of drug-likeness (QED) is 0.869. The Kier molecular flexibility index (Phi) is 2.51. The SMILES string of the molecule is Cc1nn2c(c1C(=O)O)NC(c1ccc(F)cc1)C2. The van der Waals surface area contributed by atoms with Crippen LogP contribution in [0, 0.1) is 12.7 Å². The van der Waals surface area contributed by atoms with Crippen LogP contribution in [-0.4, -0.2) is 20.9 Å². The van der Waals surface area contributed by atoms with Crippen molar-refractivity contribution in [3.63, 3.8) is 0 Å². The van der Waals surface area contributed by atoms with Gasteiger partial charge in [0.05, 0.1) is 18.3 Å². The molecular formula is C13H12FN3O2. The molecular weight excluding hydrogens is 249 g/mol. The third-order valence-electron chi connectivity index (χ3n) is 3.28. The molecule has 2 heterocycles. The summed E-state index contributed by atoms with van der Waals surface area (Å²) in [6.07, 6.45) is 0. The third kappa shape index (κ3) is 1.85. The molecule has 2 aromatic rings. The van der Waals surface area contributed by atoms with Gasteiger partial charge in [0.15, 0.2) is 0 Å². The van der Waals surface area contributed by atoms with Crippen LogP contribution in [0.4, 0.5) is 10.2 Å². The van der Waals surface area contributed by atoms with E-state index in [0.29, 0.717) is 18.1 Å². The van der Waals surface area contributed by atoms with Gasteiger partial charge in [0.25, 0.3) is 0 Å². The second kappa shape index (κ2) is 4.08. The van der Waals surface area contributed by atoms with E-state index in [2.05, 4.69) is 10.4 Å². The summed E-state index contributed by atoms with van der Waals surface area (Å²) in [7, 11) is 0. The Hall–Kier alpha value is -2.37. The smallest absolute Gasteiger partial charge is 0.341 e. The van der Waals surface area contributed by atoms with Crippen LogP contribution < -0.4 is 5.32 Å². The molecule has 0 fully saturated rings. The first-order chi connectivity index (χ1) is 9.06. The molecule has 3 rings (SSSR count). The number of hydrogen-bond acceptors (Lipinski definition) is 3. The van der Waals surface area contributed by atoms with Crippen molar-refractivity contribution in [1.29, 1.82) is 0 Å². The van der Waals surface area contributed by atoms with Crippen LogP contribution in [0.2, 0.25) is 0 Å². The minimum atomic E-state index is -0.994. The van der Waals surface area contributed by atoms with Gasteiger partial charge in [-0.2, -0.15) is 5.10 Å². The highest BCUT2D eigenvalue weighted by atomic mass is 19.1. The van der Waals surface area contributed by atoms with Gasteiger partial charge in [-0.3, -0.25) is 0 Å². The fraction of sp³-hybridized carbons (Fsp3) is 0.231. The number of rotatable bonds is 2. The number of nitrogens with zero attached hydrogens (tertiary/aromatic N) is 2. The van der Waals surface area contributed by atoms with Gasteiger partial charge in [0, 0.05) is 0 Å². The van der Waals surface area contributed by atoms with Gasteiger partial charge in [0.2, 0.25) is 0 Å². The molecule has 1 atom stereocenters. The third-order valence-corrected chi connectivity index (χ3v) is 3.28. The zero-order valence-corrected chi connectivity index (χ0v) is 10.2. The molecule has 1 aromatic carbocycles. The predicted molar refractivity (Wildman–Crippen MR) is 66.7 cm³/mol. The lowest BCUT2D eigenvalue weighted by molar-refractivity contribution is 0.0697. The maximum absolute atomic E-state index is 12.9. The number of carboxylic acid groups (broad SMARTS) is 1. The van der Waals surface area contributed by atoms with E-state index in [4.69, 9.17) is 5.11 Å². The number of aromatic nitrogens is 2. The molecule has 0 spiro atoms. The average Bonchev–Trinajstić information content (AvgIpc) is 2.85. The maximum Gasteiger partial charge on any atom is 0.341 e. The van der Waals surface area contributed by atoms with E-state index in [0.717, 1.165) is 5.56 Å². The van der Waals surface area contributed by atoms with Crippen molar-refractivity contribution in [3.05, 3.63) is 46.9 Å². The summed E-state index contributed by atoms with van der Waals surface area (Å²) in [6, 6.07) is 6.07. The molecule has 5 nitrogen and oxygen atoms in total. The number of benzene rings is 1. The van der Waals surface area contributed by atoms with Crippen LogP contribution in [0.25, 0.3) is 0 Å². The maximum atomic E-state index is 12.9. The minimum absolute atomic E-state index is 0.0817. The van der Waals surface area contributed by atoms with Crippen molar-refractivity contribution >= 4 is 11.8 Å². The van der Waals surface area contributed by atoms with Crippen molar-refractivity contribution < 1.29 is 14.3 Å². The number of carbonyl (C=O) groups is 1. The molecule has 1 aliphatic heterocycles. The number of aromatic carboxylic acids is 1. The molecule has 19 heavy (non-hydrogen) atoms. The average molecular weight is 261 g/mol. The molecule has 0 radical (unpaired) electrons. The molecule has 1 unspecified atom stereocenters. The Morgan fingerprint density at radius 1 is 1.47 bits per heavy atom. The fourth-order valence-electron chi connectivity index (χ4n) is 2.38. The van der Waals surface area contributed by atoms with Crippen LogP contribution in [-0.2, 0) is 6.54 Å². The predicted octanol–water partition coefficient (Wildman–Crippen LogP) is 2.20. The second-order valence-electron chi connectivity index (χ2n) is 4.54. The van der Waals surface area contributed by atoms with Crippen molar-refractivity contribution in [2.24, 2.45) is 0 Å². The highest BCUT2D eigenvalue weighted by molar-refractivity contribution is 5.95. The lowest BCUT2D eigenvalue weighted by Gasteiger charge is -2.11. The zero-order valence-electron chi connectivity index (χ0n) is 10.2.